The van der Waals surface area contributed by atoms with Crippen LogP contribution >= 0.6 is 11.6 Å². The lowest BCUT2D eigenvalue weighted by Gasteiger charge is -2.43. The number of halogens is 1. The minimum absolute atomic E-state index is 0.0980. The van der Waals surface area contributed by atoms with Crippen LogP contribution in [0.25, 0.3) is 0 Å². The number of fused-ring (bicyclic) bond motifs is 1. The van der Waals surface area contributed by atoms with Gasteiger partial charge in [-0.05, 0) is 43.2 Å². The summed E-state index contributed by atoms with van der Waals surface area (Å²) >= 11 is 6.29. The third-order valence-corrected chi connectivity index (χ3v) is 5.82. The number of carbonyl (C=O) groups excluding carboxylic acids is 2. The molecule has 1 saturated heterocycles. The molecular weight excluding hydrogens is 390 g/mol. The molecule has 1 heterocycles. The Kier molecular flexibility index (Phi) is 6.02. The monoisotopic (exact) mass is 413 g/mol. The molecule has 3 amide bonds. The first-order chi connectivity index (χ1) is 14.1. The van der Waals surface area contributed by atoms with E-state index in [0.29, 0.717) is 35.1 Å². The Morgan fingerprint density at radius 2 is 1.83 bits per heavy atom. The number of ether oxygens (including phenoxy) is 1. The van der Waals surface area contributed by atoms with Crippen molar-refractivity contribution >= 4 is 34.9 Å². The van der Waals surface area contributed by atoms with Crippen LogP contribution in [0.15, 0.2) is 48.5 Å². The number of nitrogens with one attached hydrogen (secondary N) is 2. The maximum Gasteiger partial charge on any atom is 0.322 e. The summed E-state index contributed by atoms with van der Waals surface area (Å²) in [6.45, 7) is 1.10. The quantitative estimate of drug-likeness (QED) is 0.761. The Morgan fingerprint density at radius 1 is 1.03 bits per heavy atom. The molecule has 6 nitrogen and oxygen atoms in total. The predicted molar refractivity (Wildman–Crippen MR) is 114 cm³/mol. The molecule has 2 N–H and O–H groups in total. The van der Waals surface area contributed by atoms with Gasteiger partial charge in [0.25, 0.3) is 5.91 Å². The number of para-hydroxylation sites is 1. The van der Waals surface area contributed by atoms with Crippen LogP contribution in [0.5, 0.6) is 0 Å². The van der Waals surface area contributed by atoms with Crippen LogP contribution in [0.3, 0.4) is 0 Å². The van der Waals surface area contributed by atoms with Gasteiger partial charge in [0.1, 0.15) is 0 Å². The number of hydrogen-bond donors (Lipinski definition) is 2. The highest BCUT2D eigenvalue weighted by Gasteiger charge is 2.36. The zero-order valence-electron chi connectivity index (χ0n) is 16.1. The summed E-state index contributed by atoms with van der Waals surface area (Å²) in [7, 11) is 0. The first-order valence-electron chi connectivity index (χ1n) is 9.97. The van der Waals surface area contributed by atoms with Crippen LogP contribution in [0, 0.1) is 0 Å². The molecule has 2 aliphatic rings. The Balaban J connectivity index is 1.47. The van der Waals surface area contributed by atoms with Gasteiger partial charge in [-0.2, -0.15) is 0 Å². The van der Waals surface area contributed by atoms with Gasteiger partial charge in [0.15, 0.2) is 0 Å². The van der Waals surface area contributed by atoms with Gasteiger partial charge >= 0.3 is 6.03 Å². The number of urea groups is 1. The van der Waals surface area contributed by atoms with E-state index in [2.05, 4.69) is 10.6 Å². The van der Waals surface area contributed by atoms with Crippen molar-refractivity contribution in [3.05, 3.63) is 59.1 Å². The molecule has 7 heteroatoms. The second kappa shape index (κ2) is 8.84. The van der Waals surface area contributed by atoms with Crippen LogP contribution < -0.4 is 10.6 Å². The molecule has 0 spiro atoms. The molecule has 1 saturated carbocycles. The molecule has 2 aromatic rings. The first kappa shape index (κ1) is 19.7. The zero-order valence-corrected chi connectivity index (χ0v) is 16.8. The summed E-state index contributed by atoms with van der Waals surface area (Å²) in [4.78, 5) is 27.4. The molecule has 0 aromatic heterocycles. The number of carbonyl (C=O) groups is 2. The molecule has 0 radical (unpaired) electrons. The number of anilines is 2. The van der Waals surface area contributed by atoms with Crippen molar-refractivity contribution in [1.29, 1.82) is 0 Å². The highest BCUT2D eigenvalue weighted by Crippen LogP contribution is 2.30. The lowest BCUT2D eigenvalue weighted by Crippen LogP contribution is -2.56. The van der Waals surface area contributed by atoms with E-state index in [-0.39, 0.29) is 24.1 Å². The van der Waals surface area contributed by atoms with E-state index in [4.69, 9.17) is 16.3 Å². The van der Waals surface area contributed by atoms with Gasteiger partial charge in [0, 0.05) is 17.8 Å². The topological polar surface area (TPSA) is 70.7 Å². The Bertz CT molecular complexity index is 888. The minimum atomic E-state index is -0.262. The molecular formula is C22H24ClN3O3. The molecule has 152 valence electrons. The van der Waals surface area contributed by atoms with Crippen LogP contribution in [-0.2, 0) is 4.74 Å². The van der Waals surface area contributed by atoms with E-state index >= 15 is 0 Å². The maximum absolute atomic E-state index is 12.9. The van der Waals surface area contributed by atoms with Crippen molar-refractivity contribution in [3.8, 4) is 0 Å². The number of amides is 3. The summed E-state index contributed by atoms with van der Waals surface area (Å²) in [6, 6.07) is 14.0. The fraction of sp³-hybridized carbons (Fsp3) is 0.364. The highest BCUT2D eigenvalue weighted by atomic mass is 35.5. The highest BCUT2D eigenvalue weighted by molar-refractivity contribution is 6.34. The van der Waals surface area contributed by atoms with Crippen molar-refractivity contribution in [2.75, 3.05) is 23.8 Å². The summed E-state index contributed by atoms with van der Waals surface area (Å²) in [5.41, 5.74) is 1.55. The standard InChI is InChI=1S/C22H24ClN3O3/c23-17-11-10-15(21(27)24-16-6-2-1-3-7-16)14-18(17)25-22(28)26-12-13-29-20-9-5-4-8-19(20)26/h1-3,6-7,10-11,14,19-20H,4-5,8-9,12-13H2,(H,24,27)(H,25,28)/t19-,20-/m1/s1. The number of nitrogens with zero attached hydrogens (tertiary/aromatic N) is 1. The van der Waals surface area contributed by atoms with Gasteiger partial charge in [-0.3, -0.25) is 4.79 Å². The Morgan fingerprint density at radius 3 is 2.66 bits per heavy atom. The van der Waals surface area contributed by atoms with Gasteiger partial charge in [-0.15, -0.1) is 0 Å². The van der Waals surface area contributed by atoms with Crippen LogP contribution in [0.4, 0.5) is 16.2 Å². The van der Waals surface area contributed by atoms with Crippen molar-refractivity contribution < 1.29 is 14.3 Å². The van der Waals surface area contributed by atoms with Gasteiger partial charge in [0.2, 0.25) is 0 Å². The lowest BCUT2D eigenvalue weighted by molar-refractivity contribution is -0.0694. The number of morpholine rings is 1. The smallest absolute Gasteiger partial charge is 0.322 e. The average molecular weight is 414 g/mol. The summed E-state index contributed by atoms with van der Waals surface area (Å²) in [5, 5.41) is 6.12. The second-order valence-electron chi connectivity index (χ2n) is 7.40. The van der Waals surface area contributed by atoms with E-state index in [1.165, 1.54) is 0 Å². The van der Waals surface area contributed by atoms with Gasteiger partial charge in [-0.25, -0.2) is 4.79 Å². The largest absolute Gasteiger partial charge is 0.374 e. The van der Waals surface area contributed by atoms with Crippen molar-refractivity contribution in [1.82, 2.24) is 4.90 Å². The van der Waals surface area contributed by atoms with Crippen molar-refractivity contribution in [2.45, 2.75) is 37.8 Å². The molecule has 2 aromatic carbocycles. The fourth-order valence-electron chi connectivity index (χ4n) is 4.02. The molecule has 0 unspecified atom stereocenters. The van der Waals surface area contributed by atoms with Crippen LogP contribution in [-0.4, -0.2) is 42.1 Å². The fourth-order valence-corrected chi connectivity index (χ4v) is 4.19. The molecule has 1 aliphatic heterocycles. The van der Waals surface area contributed by atoms with Gasteiger partial charge < -0.3 is 20.3 Å². The number of hydrogen-bond acceptors (Lipinski definition) is 3. The Labute approximate surface area is 175 Å². The van der Waals surface area contributed by atoms with E-state index < -0.39 is 0 Å². The van der Waals surface area contributed by atoms with E-state index in [1.807, 2.05) is 35.2 Å². The van der Waals surface area contributed by atoms with Crippen molar-refractivity contribution in [2.24, 2.45) is 0 Å². The van der Waals surface area contributed by atoms with Gasteiger partial charge in [-0.1, -0.05) is 42.6 Å². The third-order valence-electron chi connectivity index (χ3n) is 5.49. The molecule has 1 aliphatic carbocycles. The normalized spacial score (nSPS) is 21.2. The van der Waals surface area contributed by atoms with Gasteiger partial charge in [0.05, 0.1) is 29.5 Å². The molecule has 4 rings (SSSR count). The molecule has 29 heavy (non-hydrogen) atoms. The number of rotatable bonds is 3. The SMILES string of the molecule is O=C(Nc1ccccc1)c1ccc(Cl)c(NC(=O)N2CCO[C@@H]3CCCC[C@H]32)c1. The first-order valence-corrected chi connectivity index (χ1v) is 10.3. The Hall–Kier alpha value is -2.57. The van der Waals surface area contributed by atoms with E-state index in [9.17, 15) is 9.59 Å². The van der Waals surface area contributed by atoms with Crippen LogP contribution in [0.1, 0.15) is 36.0 Å². The third kappa shape index (κ3) is 4.54. The van der Waals surface area contributed by atoms with Crippen molar-refractivity contribution in [3.63, 3.8) is 0 Å². The molecule has 2 atom stereocenters. The maximum atomic E-state index is 12.9. The minimum Gasteiger partial charge on any atom is -0.374 e. The van der Waals surface area contributed by atoms with E-state index in [1.54, 1.807) is 18.2 Å². The summed E-state index contributed by atoms with van der Waals surface area (Å²) in [6.07, 6.45) is 4.29. The molecule has 0 bridgehead atoms. The van der Waals surface area contributed by atoms with Crippen LogP contribution in [0.2, 0.25) is 5.02 Å². The zero-order chi connectivity index (χ0) is 20.2. The predicted octanol–water partition coefficient (Wildman–Crippen LogP) is 4.77. The molecule has 2 fully saturated rings. The summed E-state index contributed by atoms with van der Waals surface area (Å²) in [5.74, 6) is -0.262. The second-order valence-corrected chi connectivity index (χ2v) is 7.81. The number of benzene rings is 2. The van der Waals surface area contributed by atoms with E-state index in [0.717, 1.165) is 25.7 Å². The lowest BCUT2D eigenvalue weighted by atomic mass is 9.90. The summed E-state index contributed by atoms with van der Waals surface area (Å²) < 4.78 is 5.84. The average Bonchev–Trinajstić information content (AvgIpc) is 2.75.